The lowest BCUT2D eigenvalue weighted by molar-refractivity contribution is 0.626. The van der Waals surface area contributed by atoms with Crippen molar-refractivity contribution in [3.8, 4) is 6.07 Å². The Morgan fingerprint density at radius 1 is 1.50 bits per heavy atom. The largest absolute Gasteiger partial charge is 0.262 e. The van der Waals surface area contributed by atoms with Crippen molar-refractivity contribution >= 4 is 11.8 Å². The summed E-state index contributed by atoms with van der Waals surface area (Å²) in [6.45, 7) is 1.78. The second-order valence-electron chi connectivity index (χ2n) is 3.06. The summed E-state index contributed by atoms with van der Waals surface area (Å²) >= 11 is 1.23. The zero-order chi connectivity index (χ0) is 11.5. The summed E-state index contributed by atoms with van der Waals surface area (Å²) < 4.78 is 12.9. The smallest absolute Gasteiger partial charge is 0.213 e. The van der Waals surface area contributed by atoms with Gasteiger partial charge in [0.05, 0.1) is 5.56 Å². The lowest BCUT2D eigenvalue weighted by Gasteiger charge is -1.99. The maximum atomic E-state index is 12.9. The standard InChI is InChI=1S/C10H7FN4S/c1-6-13-10(15-14-6)16-9-3-2-8(11)4-7(9)5-12/h2-4H,1H3,(H,13,14,15). The second kappa shape index (κ2) is 4.33. The van der Waals surface area contributed by atoms with Crippen LogP contribution in [0.15, 0.2) is 28.3 Å². The van der Waals surface area contributed by atoms with Crippen LogP contribution >= 0.6 is 11.8 Å². The Morgan fingerprint density at radius 2 is 2.31 bits per heavy atom. The first kappa shape index (κ1) is 10.6. The van der Waals surface area contributed by atoms with E-state index in [4.69, 9.17) is 5.26 Å². The van der Waals surface area contributed by atoms with Crippen LogP contribution in [0.4, 0.5) is 4.39 Å². The van der Waals surface area contributed by atoms with Crippen LogP contribution in [0.2, 0.25) is 0 Å². The molecule has 0 bridgehead atoms. The lowest BCUT2D eigenvalue weighted by atomic mass is 10.2. The van der Waals surface area contributed by atoms with Crippen LogP contribution in [0.1, 0.15) is 11.4 Å². The Morgan fingerprint density at radius 3 is 2.94 bits per heavy atom. The first-order valence-electron chi connectivity index (χ1n) is 4.45. The number of rotatable bonds is 2. The number of halogens is 1. The molecule has 0 unspecified atom stereocenters. The molecule has 2 aromatic rings. The van der Waals surface area contributed by atoms with Gasteiger partial charge in [-0.3, -0.25) is 5.10 Å². The van der Waals surface area contributed by atoms with Gasteiger partial charge in [-0.05, 0) is 36.9 Å². The van der Waals surface area contributed by atoms with Gasteiger partial charge in [0.1, 0.15) is 17.7 Å². The Kier molecular flexibility index (Phi) is 2.88. The molecule has 1 N–H and O–H groups in total. The molecule has 0 aliphatic heterocycles. The van der Waals surface area contributed by atoms with Crippen molar-refractivity contribution in [2.45, 2.75) is 17.0 Å². The summed E-state index contributed by atoms with van der Waals surface area (Å²) in [6, 6.07) is 5.99. The number of nitriles is 1. The molecule has 0 aliphatic rings. The third-order valence-electron chi connectivity index (χ3n) is 1.84. The number of aromatic nitrogens is 3. The molecule has 4 nitrogen and oxygen atoms in total. The summed E-state index contributed by atoms with van der Waals surface area (Å²) in [4.78, 5) is 4.74. The van der Waals surface area contributed by atoms with E-state index >= 15 is 0 Å². The van der Waals surface area contributed by atoms with E-state index in [1.54, 1.807) is 13.0 Å². The maximum absolute atomic E-state index is 12.9. The van der Waals surface area contributed by atoms with Crippen molar-refractivity contribution in [3.05, 3.63) is 35.4 Å². The monoisotopic (exact) mass is 234 g/mol. The molecular formula is C10H7FN4S. The Bertz CT molecular complexity index is 558. The van der Waals surface area contributed by atoms with Crippen molar-refractivity contribution in [1.82, 2.24) is 15.2 Å². The fourth-order valence-corrected chi connectivity index (χ4v) is 1.97. The quantitative estimate of drug-likeness (QED) is 0.865. The van der Waals surface area contributed by atoms with Gasteiger partial charge in [0, 0.05) is 4.90 Å². The fraction of sp³-hybridized carbons (Fsp3) is 0.100. The van der Waals surface area contributed by atoms with E-state index in [0.717, 1.165) is 0 Å². The van der Waals surface area contributed by atoms with E-state index in [2.05, 4.69) is 15.2 Å². The number of nitrogens with zero attached hydrogens (tertiary/aromatic N) is 3. The van der Waals surface area contributed by atoms with E-state index in [1.165, 1.54) is 23.9 Å². The summed E-state index contributed by atoms with van der Waals surface area (Å²) in [5.41, 5.74) is 0.285. The van der Waals surface area contributed by atoms with Gasteiger partial charge in [0.15, 0.2) is 0 Å². The highest BCUT2D eigenvalue weighted by molar-refractivity contribution is 7.99. The van der Waals surface area contributed by atoms with E-state index in [0.29, 0.717) is 15.9 Å². The van der Waals surface area contributed by atoms with Crippen molar-refractivity contribution in [2.75, 3.05) is 0 Å². The zero-order valence-corrected chi connectivity index (χ0v) is 9.18. The minimum absolute atomic E-state index is 0.285. The van der Waals surface area contributed by atoms with Crippen LogP contribution in [0.25, 0.3) is 0 Å². The number of hydrogen-bond donors (Lipinski definition) is 1. The molecule has 1 aromatic carbocycles. The number of aromatic amines is 1. The van der Waals surface area contributed by atoms with E-state index < -0.39 is 5.82 Å². The van der Waals surface area contributed by atoms with Crippen LogP contribution in [0.3, 0.4) is 0 Å². The fourth-order valence-electron chi connectivity index (χ4n) is 1.14. The number of benzene rings is 1. The van der Waals surface area contributed by atoms with Gasteiger partial charge < -0.3 is 0 Å². The first-order chi connectivity index (χ1) is 7.69. The van der Waals surface area contributed by atoms with Crippen LogP contribution in [0.5, 0.6) is 0 Å². The van der Waals surface area contributed by atoms with Crippen LogP contribution in [0, 0.1) is 24.1 Å². The van der Waals surface area contributed by atoms with Crippen molar-refractivity contribution < 1.29 is 4.39 Å². The SMILES string of the molecule is Cc1nc(Sc2ccc(F)cc2C#N)n[nH]1. The van der Waals surface area contributed by atoms with Gasteiger partial charge in [-0.25, -0.2) is 9.37 Å². The zero-order valence-electron chi connectivity index (χ0n) is 8.36. The van der Waals surface area contributed by atoms with Crippen molar-refractivity contribution in [1.29, 1.82) is 5.26 Å². The predicted molar refractivity (Wildman–Crippen MR) is 56.4 cm³/mol. The topological polar surface area (TPSA) is 65.4 Å². The summed E-state index contributed by atoms with van der Waals surface area (Å²) in [5.74, 6) is 0.273. The first-order valence-corrected chi connectivity index (χ1v) is 5.27. The molecule has 0 atom stereocenters. The molecule has 80 valence electrons. The summed E-state index contributed by atoms with van der Waals surface area (Å²) in [7, 11) is 0. The van der Waals surface area contributed by atoms with Crippen molar-refractivity contribution in [3.63, 3.8) is 0 Å². The van der Waals surface area contributed by atoms with Gasteiger partial charge in [-0.1, -0.05) is 0 Å². The minimum atomic E-state index is -0.424. The minimum Gasteiger partial charge on any atom is -0.262 e. The molecule has 1 heterocycles. The maximum Gasteiger partial charge on any atom is 0.213 e. The predicted octanol–water partition coefficient (Wildman–Crippen LogP) is 2.28. The average Bonchev–Trinajstić information content (AvgIpc) is 2.67. The second-order valence-corrected chi connectivity index (χ2v) is 4.07. The lowest BCUT2D eigenvalue weighted by Crippen LogP contribution is -1.85. The highest BCUT2D eigenvalue weighted by atomic mass is 32.2. The van der Waals surface area contributed by atoms with Crippen LogP contribution < -0.4 is 0 Å². The van der Waals surface area contributed by atoms with Gasteiger partial charge in [-0.2, -0.15) is 5.26 Å². The Balaban J connectivity index is 2.31. The number of nitrogens with one attached hydrogen (secondary N) is 1. The third-order valence-corrected chi connectivity index (χ3v) is 2.78. The molecule has 0 saturated heterocycles. The molecular weight excluding hydrogens is 227 g/mol. The normalized spacial score (nSPS) is 10.1. The third kappa shape index (κ3) is 2.20. The van der Waals surface area contributed by atoms with Gasteiger partial charge in [-0.15, -0.1) is 5.10 Å². The molecule has 2 rings (SSSR count). The van der Waals surface area contributed by atoms with Gasteiger partial charge in [0.2, 0.25) is 5.16 Å². The molecule has 6 heteroatoms. The summed E-state index contributed by atoms with van der Waals surface area (Å²) in [5, 5.41) is 16.0. The van der Waals surface area contributed by atoms with Crippen molar-refractivity contribution in [2.24, 2.45) is 0 Å². The molecule has 0 amide bonds. The van der Waals surface area contributed by atoms with E-state index in [9.17, 15) is 4.39 Å². The highest BCUT2D eigenvalue weighted by Crippen LogP contribution is 2.27. The number of aryl methyl sites for hydroxylation is 1. The van der Waals surface area contributed by atoms with Gasteiger partial charge in [0.25, 0.3) is 0 Å². The molecule has 0 fully saturated rings. The van der Waals surface area contributed by atoms with E-state index in [-0.39, 0.29) is 5.56 Å². The average molecular weight is 234 g/mol. The molecule has 0 spiro atoms. The Hall–Kier alpha value is -1.87. The van der Waals surface area contributed by atoms with E-state index in [1.807, 2.05) is 6.07 Å². The van der Waals surface area contributed by atoms with Crippen LogP contribution in [-0.4, -0.2) is 15.2 Å². The highest BCUT2D eigenvalue weighted by Gasteiger charge is 2.08. The summed E-state index contributed by atoms with van der Waals surface area (Å²) in [6.07, 6.45) is 0. The molecule has 0 radical (unpaired) electrons. The number of hydrogen-bond acceptors (Lipinski definition) is 4. The van der Waals surface area contributed by atoms with Gasteiger partial charge >= 0.3 is 0 Å². The number of H-pyrrole nitrogens is 1. The molecule has 0 saturated carbocycles. The molecule has 16 heavy (non-hydrogen) atoms. The molecule has 0 aliphatic carbocycles. The molecule has 1 aromatic heterocycles. The van der Waals surface area contributed by atoms with Crippen LogP contribution in [-0.2, 0) is 0 Å². The Labute approximate surface area is 95.5 Å².